The van der Waals surface area contributed by atoms with Crippen LogP contribution in [0.1, 0.15) is 6.92 Å². The summed E-state index contributed by atoms with van der Waals surface area (Å²) in [4.78, 5) is 0. The Balaban J connectivity index is 3.23. The predicted molar refractivity (Wildman–Crippen MR) is 39.6 cm³/mol. The summed E-state index contributed by atoms with van der Waals surface area (Å²) in [5.41, 5.74) is 0. The highest BCUT2D eigenvalue weighted by atomic mass is 35.7. The SMILES string of the molecule is C=CC(C)O[SiH](Cl)Cl. The maximum atomic E-state index is 5.39. The molecule has 1 atom stereocenters. The molecule has 1 unspecified atom stereocenters. The molecule has 0 heterocycles. The third-order valence-corrected chi connectivity index (χ3v) is 1.90. The summed E-state index contributed by atoms with van der Waals surface area (Å²) in [7, 11) is -1.87. The Bertz CT molecular complexity index is 76.4. The van der Waals surface area contributed by atoms with Gasteiger partial charge in [-0.2, -0.15) is 0 Å². The van der Waals surface area contributed by atoms with Crippen molar-refractivity contribution in [1.82, 2.24) is 0 Å². The van der Waals surface area contributed by atoms with Crippen LogP contribution in [-0.4, -0.2) is 13.8 Å². The minimum Gasteiger partial charge on any atom is -0.388 e. The van der Waals surface area contributed by atoms with Gasteiger partial charge in [-0.05, 0) is 6.92 Å². The molecule has 0 radical (unpaired) electrons. The van der Waals surface area contributed by atoms with Gasteiger partial charge in [0.1, 0.15) is 0 Å². The van der Waals surface area contributed by atoms with Crippen LogP contribution < -0.4 is 0 Å². The zero-order valence-corrected chi connectivity index (χ0v) is 7.27. The molecule has 0 fully saturated rings. The van der Waals surface area contributed by atoms with Crippen LogP contribution >= 0.6 is 22.2 Å². The van der Waals surface area contributed by atoms with Gasteiger partial charge in [0.05, 0.1) is 6.10 Å². The Kier molecular flexibility index (Phi) is 4.66. The standard InChI is InChI=1S/C4H8Cl2OSi/c1-3-4(2)7-8(5)6/h3-4,8H,1H2,2H3. The molecule has 1 nitrogen and oxygen atoms in total. The smallest absolute Gasteiger partial charge is 0.373 e. The highest BCUT2D eigenvalue weighted by Gasteiger charge is 2.04. The lowest BCUT2D eigenvalue weighted by Gasteiger charge is -2.06. The molecule has 0 aliphatic rings. The van der Waals surface area contributed by atoms with E-state index in [9.17, 15) is 0 Å². The van der Waals surface area contributed by atoms with E-state index in [1.54, 1.807) is 6.08 Å². The molecule has 0 aromatic carbocycles. The van der Waals surface area contributed by atoms with Gasteiger partial charge in [0.25, 0.3) is 0 Å². The molecule has 0 aliphatic carbocycles. The second kappa shape index (κ2) is 4.38. The molecular formula is C4H8Cl2OSi. The Morgan fingerprint density at radius 1 is 1.75 bits per heavy atom. The fourth-order valence-corrected chi connectivity index (χ4v) is 1.63. The Morgan fingerprint density at radius 3 is 2.38 bits per heavy atom. The highest BCUT2D eigenvalue weighted by molar-refractivity contribution is 7.30. The zero-order valence-electron chi connectivity index (χ0n) is 4.60. The van der Waals surface area contributed by atoms with Gasteiger partial charge in [0.15, 0.2) is 0 Å². The first-order chi connectivity index (χ1) is 3.66. The van der Waals surface area contributed by atoms with Crippen LogP contribution in [0.2, 0.25) is 0 Å². The van der Waals surface area contributed by atoms with Crippen molar-refractivity contribution < 1.29 is 4.43 Å². The summed E-state index contributed by atoms with van der Waals surface area (Å²) in [6, 6.07) is 0. The van der Waals surface area contributed by atoms with Gasteiger partial charge in [-0.3, -0.25) is 0 Å². The van der Waals surface area contributed by atoms with Gasteiger partial charge >= 0.3 is 7.66 Å². The summed E-state index contributed by atoms with van der Waals surface area (Å²) in [6.07, 6.45) is 1.65. The van der Waals surface area contributed by atoms with Crippen molar-refractivity contribution >= 4 is 29.8 Å². The summed E-state index contributed by atoms with van der Waals surface area (Å²) < 4.78 is 4.95. The summed E-state index contributed by atoms with van der Waals surface area (Å²) in [5.74, 6) is 0. The van der Waals surface area contributed by atoms with Gasteiger partial charge < -0.3 is 4.43 Å². The quantitative estimate of drug-likeness (QED) is 0.357. The van der Waals surface area contributed by atoms with Crippen LogP contribution in [0.3, 0.4) is 0 Å². The summed E-state index contributed by atoms with van der Waals surface area (Å²) in [5, 5.41) is 0. The van der Waals surface area contributed by atoms with Crippen molar-refractivity contribution in [2.45, 2.75) is 13.0 Å². The highest BCUT2D eigenvalue weighted by Crippen LogP contribution is 2.02. The van der Waals surface area contributed by atoms with Crippen LogP contribution in [0.5, 0.6) is 0 Å². The fourth-order valence-electron chi connectivity index (χ4n) is 0.218. The van der Waals surface area contributed by atoms with Crippen LogP contribution in [0, 0.1) is 0 Å². The molecule has 0 bridgehead atoms. The Labute approximate surface area is 60.4 Å². The first kappa shape index (κ1) is 8.50. The largest absolute Gasteiger partial charge is 0.388 e. The number of rotatable bonds is 3. The summed E-state index contributed by atoms with van der Waals surface area (Å²) in [6.45, 7) is 5.34. The van der Waals surface area contributed by atoms with E-state index in [-0.39, 0.29) is 6.10 Å². The van der Waals surface area contributed by atoms with Crippen LogP contribution in [0.25, 0.3) is 0 Å². The van der Waals surface area contributed by atoms with Gasteiger partial charge in [-0.25, -0.2) is 0 Å². The van der Waals surface area contributed by atoms with E-state index in [2.05, 4.69) is 6.58 Å². The number of hydrogen-bond donors (Lipinski definition) is 0. The van der Waals surface area contributed by atoms with E-state index >= 15 is 0 Å². The minimum absolute atomic E-state index is 0.0123. The Hall–Kier alpha value is 0.497. The van der Waals surface area contributed by atoms with Gasteiger partial charge in [0.2, 0.25) is 0 Å². The van der Waals surface area contributed by atoms with E-state index in [0.717, 1.165) is 0 Å². The fraction of sp³-hybridized carbons (Fsp3) is 0.500. The van der Waals surface area contributed by atoms with Crippen molar-refractivity contribution in [2.75, 3.05) is 0 Å². The third-order valence-electron chi connectivity index (χ3n) is 0.649. The molecule has 0 aliphatic heterocycles. The van der Waals surface area contributed by atoms with Crippen molar-refractivity contribution in [2.24, 2.45) is 0 Å². The minimum atomic E-state index is -1.87. The first-order valence-electron chi connectivity index (χ1n) is 2.23. The third kappa shape index (κ3) is 4.65. The van der Waals surface area contributed by atoms with Crippen LogP contribution in [-0.2, 0) is 4.43 Å². The lowest BCUT2D eigenvalue weighted by atomic mass is 10.4. The molecule has 8 heavy (non-hydrogen) atoms. The molecule has 4 heteroatoms. The monoisotopic (exact) mass is 170 g/mol. The van der Waals surface area contributed by atoms with Gasteiger partial charge in [-0.15, -0.1) is 28.7 Å². The normalized spacial score (nSPS) is 14.0. The van der Waals surface area contributed by atoms with Gasteiger partial charge in [-0.1, -0.05) is 6.08 Å². The van der Waals surface area contributed by atoms with Gasteiger partial charge in [0, 0.05) is 0 Å². The molecule has 0 saturated heterocycles. The van der Waals surface area contributed by atoms with E-state index in [0.29, 0.717) is 0 Å². The molecule has 0 aromatic rings. The molecule has 0 spiro atoms. The molecule has 48 valence electrons. The summed E-state index contributed by atoms with van der Waals surface area (Å²) >= 11 is 10.8. The van der Waals surface area contributed by atoms with Crippen molar-refractivity contribution in [3.8, 4) is 0 Å². The average Bonchev–Trinajstić information content (AvgIpc) is 1.65. The maximum absolute atomic E-state index is 5.39. The molecular weight excluding hydrogens is 163 g/mol. The molecule has 0 saturated carbocycles. The number of halogens is 2. The lowest BCUT2D eigenvalue weighted by molar-refractivity contribution is 0.289. The molecule has 0 aromatic heterocycles. The zero-order chi connectivity index (χ0) is 6.57. The first-order valence-corrected chi connectivity index (χ1v) is 6.19. The van der Waals surface area contributed by atoms with E-state index in [1.807, 2.05) is 6.92 Å². The molecule has 0 rings (SSSR count). The second-order valence-electron chi connectivity index (χ2n) is 1.34. The van der Waals surface area contributed by atoms with E-state index in [1.165, 1.54) is 0 Å². The van der Waals surface area contributed by atoms with Crippen molar-refractivity contribution in [3.63, 3.8) is 0 Å². The topological polar surface area (TPSA) is 9.23 Å². The Morgan fingerprint density at radius 2 is 2.25 bits per heavy atom. The van der Waals surface area contributed by atoms with Crippen LogP contribution in [0.15, 0.2) is 12.7 Å². The van der Waals surface area contributed by atoms with E-state index in [4.69, 9.17) is 26.6 Å². The second-order valence-corrected chi connectivity index (χ2v) is 5.18. The number of hydrogen-bond acceptors (Lipinski definition) is 1. The molecule has 0 amide bonds. The lowest BCUT2D eigenvalue weighted by Crippen LogP contribution is -2.10. The molecule has 0 N–H and O–H groups in total. The predicted octanol–water partition coefficient (Wildman–Crippen LogP) is 1.77. The maximum Gasteiger partial charge on any atom is 0.373 e. The average molecular weight is 171 g/mol. The van der Waals surface area contributed by atoms with Crippen molar-refractivity contribution in [3.05, 3.63) is 12.7 Å². The van der Waals surface area contributed by atoms with Crippen molar-refractivity contribution in [1.29, 1.82) is 0 Å². The van der Waals surface area contributed by atoms with Crippen LogP contribution in [0.4, 0.5) is 0 Å². The van der Waals surface area contributed by atoms with E-state index < -0.39 is 7.66 Å².